The molecule has 0 spiro atoms. The fraction of sp³-hybridized carbons (Fsp3) is 0.0769. The molecule has 5 nitrogen and oxygen atoms in total. The summed E-state index contributed by atoms with van der Waals surface area (Å²) in [7, 11) is 0. The van der Waals surface area contributed by atoms with Gasteiger partial charge in [0, 0.05) is 12.1 Å². The highest BCUT2D eigenvalue weighted by Gasteiger charge is 2.16. The van der Waals surface area contributed by atoms with Crippen molar-refractivity contribution in [1.82, 2.24) is 15.0 Å². The Morgan fingerprint density at radius 2 is 1.95 bits per heavy atom. The van der Waals surface area contributed by atoms with E-state index in [0.29, 0.717) is 11.0 Å². The minimum Gasteiger partial charge on any atom is -0.432 e. The van der Waals surface area contributed by atoms with Crippen molar-refractivity contribution in [2.45, 2.75) is 6.61 Å². The molecule has 0 radical (unpaired) electrons. The Bertz CT molecular complexity index is 803. The van der Waals surface area contributed by atoms with Crippen LogP contribution in [0.1, 0.15) is 0 Å². The zero-order valence-electron chi connectivity index (χ0n) is 10.5. The van der Waals surface area contributed by atoms with Crippen LogP contribution in [0.2, 0.25) is 0 Å². The van der Waals surface area contributed by atoms with Crippen molar-refractivity contribution in [3.63, 3.8) is 0 Å². The minimum atomic E-state index is -3.14. The highest BCUT2D eigenvalue weighted by molar-refractivity contribution is 5.78. The molecule has 0 aliphatic rings. The van der Waals surface area contributed by atoms with Crippen LogP contribution in [0.3, 0.4) is 0 Å². The van der Waals surface area contributed by atoms with Crippen LogP contribution in [0, 0.1) is 5.82 Å². The maximum absolute atomic E-state index is 13.6. The summed E-state index contributed by atoms with van der Waals surface area (Å²) in [5.74, 6) is -1.57. The molecule has 0 saturated carbocycles. The Morgan fingerprint density at radius 3 is 2.71 bits per heavy atom. The molecule has 0 atom stereocenters. The molecule has 0 unspecified atom stereocenters. The number of nitrogens with zero attached hydrogens (tertiary/aromatic N) is 3. The average Bonchev–Trinajstić information content (AvgIpc) is 2.85. The van der Waals surface area contributed by atoms with E-state index in [1.54, 1.807) is 24.3 Å². The third kappa shape index (κ3) is 2.35. The molecule has 3 rings (SSSR count). The summed E-state index contributed by atoms with van der Waals surface area (Å²) in [5.41, 5.74) is 7.18. The Labute approximate surface area is 116 Å². The van der Waals surface area contributed by atoms with Gasteiger partial charge in [0.05, 0.1) is 16.9 Å². The van der Waals surface area contributed by atoms with Crippen LogP contribution >= 0.6 is 0 Å². The predicted octanol–water partition coefficient (Wildman–Crippen LogP) is 2.74. The van der Waals surface area contributed by atoms with E-state index in [1.165, 1.54) is 4.68 Å². The fourth-order valence-corrected chi connectivity index (χ4v) is 1.97. The second kappa shape index (κ2) is 4.97. The van der Waals surface area contributed by atoms with Gasteiger partial charge < -0.3 is 10.5 Å². The minimum absolute atomic E-state index is 0.0322. The van der Waals surface area contributed by atoms with Gasteiger partial charge in [0.25, 0.3) is 0 Å². The van der Waals surface area contributed by atoms with Crippen molar-refractivity contribution in [1.29, 1.82) is 0 Å². The fourth-order valence-electron chi connectivity index (χ4n) is 1.97. The van der Waals surface area contributed by atoms with E-state index in [0.717, 1.165) is 12.1 Å². The first-order valence-corrected chi connectivity index (χ1v) is 5.91. The number of aromatic nitrogens is 3. The quantitative estimate of drug-likeness (QED) is 0.754. The number of anilines is 1. The van der Waals surface area contributed by atoms with Gasteiger partial charge in [0.15, 0.2) is 11.6 Å². The summed E-state index contributed by atoms with van der Waals surface area (Å²) in [6.07, 6.45) is 0. The number of halogens is 3. The number of benzene rings is 2. The summed E-state index contributed by atoms with van der Waals surface area (Å²) in [6, 6.07) is 8.97. The second-order valence-corrected chi connectivity index (χ2v) is 4.21. The lowest BCUT2D eigenvalue weighted by Crippen LogP contribution is -2.07. The van der Waals surface area contributed by atoms with E-state index in [1.807, 2.05) is 0 Å². The number of hydrogen-bond donors (Lipinski definition) is 1. The summed E-state index contributed by atoms with van der Waals surface area (Å²) in [6.45, 7) is -3.14. The zero-order valence-corrected chi connectivity index (χ0v) is 10.5. The molecule has 21 heavy (non-hydrogen) atoms. The number of ether oxygens (including phenoxy) is 1. The highest BCUT2D eigenvalue weighted by atomic mass is 19.3. The van der Waals surface area contributed by atoms with Crippen molar-refractivity contribution in [2.75, 3.05) is 5.73 Å². The lowest BCUT2D eigenvalue weighted by atomic mass is 10.2. The molecule has 3 aromatic rings. The van der Waals surface area contributed by atoms with Crippen LogP contribution < -0.4 is 10.5 Å². The third-order valence-electron chi connectivity index (χ3n) is 2.88. The van der Waals surface area contributed by atoms with E-state index >= 15 is 0 Å². The molecule has 0 fully saturated rings. The molecule has 1 heterocycles. The van der Waals surface area contributed by atoms with E-state index in [-0.39, 0.29) is 11.4 Å². The summed E-state index contributed by atoms with van der Waals surface area (Å²) >= 11 is 0. The first-order valence-electron chi connectivity index (χ1n) is 5.91. The normalized spacial score (nSPS) is 11.2. The van der Waals surface area contributed by atoms with E-state index < -0.39 is 18.2 Å². The first kappa shape index (κ1) is 13.2. The van der Waals surface area contributed by atoms with Crippen molar-refractivity contribution in [2.24, 2.45) is 0 Å². The van der Waals surface area contributed by atoms with Gasteiger partial charge in [-0.3, -0.25) is 0 Å². The molecule has 8 heteroatoms. The molecule has 0 aliphatic heterocycles. The maximum Gasteiger partial charge on any atom is 0.387 e. The third-order valence-corrected chi connectivity index (χ3v) is 2.88. The standard InChI is InChI=1S/C13H9F3N4O/c14-7-5-8(17)11(6-12(7)21-13(15)16)20-10-4-2-1-3-9(10)18-19-20/h1-6,13H,17H2. The van der Waals surface area contributed by atoms with Gasteiger partial charge in [-0.05, 0) is 12.1 Å². The lowest BCUT2D eigenvalue weighted by molar-refractivity contribution is -0.0521. The number of para-hydroxylation sites is 1. The molecule has 2 N–H and O–H groups in total. The van der Waals surface area contributed by atoms with Crippen LogP contribution in [0.15, 0.2) is 36.4 Å². The van der Waals surface area contributed by atoms with Crippen LogP contribution in [0.25, 0.3) is 16.7 Å². The van der Waals surface area contributed by atoms with Crippen LogP contribution in [-0.4, -0.2) is 21.6 Å². The average molecular weight is 294 g/mol. The molecular weight excluding hydrogens is 285 g/mol. The van der Waals surface area contributed by atoms with Crippen molar-refractivity contribution >= 4 is 16.7 Å². The largest absolute Gasteiger partial charge is 0.432 e. The van der Waals surface area contributed by atoms with E-state index in [9.17, 15) is 13.2 Å². The van der Waals surface area contributed by atoms with Crippen LogP contribution in [0.5, 0.6) is 5.75 Å². The van der Waals surface area contributed by atoms with Gasteiger partial charge in [-0.2, -0.15) is 8.78 Å². The number of fused-ring (bicyclic) bond motifs is 1. The molecule has 0 bridgehead atoms. The zero-order chi connectivity index (χ0) is 15.0. The number of nitrogen functional groups attached to an aromatic ring is 1. The van der Waals surface area contributed by atoms with Gasteiger partial charge in [0.2, 0.25) is 0 Å². The predicted molar refractivity (Wildman–Crippen MR) is 69.9 cm³/mol. The first-order chi connectivity index (χ1) is 10.1. The SMILES string of the molecule is Nc1cc(F)c(OC(F)F)cc1-n1nnc2ccccc21. The number of hydrogen-bond acceptors (Lipinski definition) is 4. The van der Waals surface area contributed by atoms with Gasteiger partial charge in [-0.1, -0.05) is 17.3 Å². The Hall–Kier alpha value is -2.77. The smallest absolute Gasteiger partial charge is 0.387 e. The molecule has 1 aromatic heterocycles. The van der Waals surface area contributed by atoms with Crippen molar-refractivity contribution in [3.05, 3.63) is 42.2 Å². The molecular formula is C13H9F3N4O. The number of alkyl halides is 2. The summed E-state index contributed by atoms with van der Waals surface area (Å²) in [5, 5.41) is 7.82. The number of rotatable bonds is 3. The molecule has 108 valence electrons. The Balaban J connectivity index is 2.17. The Morgan fingerprint density at radius 1 is 1.19 bits per heavy atom. The molecule has 0 amide bonds. The second-order valence-electron chi connectivity index (χ2n) is 4.21. The van der Waals surface area contributed by atoms with E-state index in [4.69, 9.17) is 5.73 Å². The van der Waals surface area contributed by atoms with E-state index in [2.05, 4.69) is 15.0 Å². The van der Waals surface area contributed by atoms with Crippen LogP contribution in [0.4, 0.5) is 18.9 Å². The highest BCUT2D eigenvalue weighted by Crippen LogP contribution is 2.29. The lowest BCUT2D eigenvalue weighted by Gasteiger charge is -2.11. The Kier molecular flexibility index (Phi) is 3.13. The van der Waals surface area contributed by atoms with Crippen LogP contribution in [-0.2, 0) is 0 Å². The molecule has 2 aromatic carbocycles. The van der Waals surface area contributed by atoms with Crippen molar-refractivity contribution in [3.8, 4) is 11.4 Å². The molecule has 0 aliphatic carbocycles. The van der Waals surface area contributed by atoms with Gasteiger partial charge in [0.1, 0.15) is 5.52 Å². The monoisotopic (exact) mass is 294 g/mol. The summed E-state index contributed by atoms with van der Waals surface area (Å²) in [4.78, 5) is 0. The maximum atomic E-state index is 13.6. The van der Waals surface area contributed by atoms with Gasteiger partial charge >= 0.3 is 6.61 Å². The van der Waals surface area contributed by atoms with Crippen molar-refractivity contribution < 1.29 is 17.9 Å². The van der Waals surface area contributed by atoms with Gasteiger partial charge in [-0.25, -0.2) is 9.07 Å². The number of nitrogens with two attached hydrogens (primary N) is 1. The van der Waals surface area contributed by atoms with Gasteiger partial charge in [-0.15, -0.1) is 5.10 Å². The molecule has 0 saturated heterocycles. The summed E-state index contributed by atoms with van der Waals surface area (Å²) < 4.78 is 43.6. The topological polar surface area (TPSA) is 66.0 Å².